The highest BCUT2D eigenvalue weighted by Gasteiger charge is 2.27. The molecular weight excluding hydrogens is 456 g/mol. The lowest BCUT2D eigenvalue weighted by Gasteiger charge is -2.33. The molecule has 0 aliphatic carbocycles. The molecule has 1 aromatic heterocycles. The van der Waals surface area contributed by atoms with Crippen LogP contribution in [0.2, 0.25) is 5.02 Å². The summed E-state index contributed by atoms with van der Waals surface area (Å²) in [4.78, 5) is 27.4. The Balaban J connectivity index is 1.45. The van der Waals surface area contributed by atoms with Gasteiger partial charge in [-0.1, -0.05) is 17.7 Å². The van der Waals surface area contributed by atoms with E-state index in [0.717, 1.165) is 24.9 Å². The Bertz CT molecular complexity index is 1230. The summed E-state index contributed by atoms with van der Waals surface area (Å²) in [7, 11) is 3.19. The molecule has 2 heterocycles. The monoisotopic (exact) mass is 482 g/mol. The zero-order valence-electron chi connectivity index (χ0n) is 19.2. The second-order valence-electron chi connectivity index (χ2n) is 8.10. The predicted molar refractivity (Wildman–Crippen MR) is 131 cm³/mol. The van der Waals surface area contributed by atoms with Gasteiger partial charge in [0.05, 0.1) is 25.8 Å². The number of halogens is 1. The summed E-state index contributed by atoms with van der Waals surface area (Å²) < 4.78 is 12.0. The van der Waals surface area contributed by atoms with Gasteiger partial charge in [-0.15, -0.1) is 5.10 Å². The number of carbonyl (C=O) groups excluding carboxylic acids is 1. The first-order valence-corrected chi connectivity index (χ1v) is 11.5. The van der Waals surface area contributed by atoms with Crippen molar-refractivity contribution in [1.29, 1.82) is 0 Å². The van der Waals surface area contributed by atoms with Gasteiger partial charge in [-0.3, -0.25) is 9.59 Å². The van der Waals surface area contributed by atoms with Crippen LogP contribution >= 0.6 is 11.6 Å². The minimum Gasteiger partial charge on any atom is -0.497 e. The fourth-order valence-electron chi connectivity index (χ4n) is 4.09. The molecule has 0 saturated carbocycles. The van der Waals surface area contributed by atoms with E-state index in [-0.39, 0.29) is 17.4 Å². The summed E-state index contributed by atoms with van der Waals surface area (Å²) in [5.41, 5.74) is 1.23. The quantitative estimate of drug-likeness (QED) is 0.555. The third-order valence-electron chi connectivity index (χ3n) is 5.90. The molecule has 1 aliphatic rings. The Morgan fingerprint density at radius 2 is 2.00 bits per heavy atom. The van der Waals surface area contributed by atoms with Crippen LogP contribution in [0.15, 0.2) is 59.4 Å². The molecule has 1 aliphatic heterocycles. The highest BCUT2D eigenvalue weighted by atomic mass is 35.5. The minimum absolute atomic E-state index is 0.0225. The van der Waals surface area contributed by atoms with Crippen molar-refractivity contribution in [3.05, 3.63) is 75.5 Å². The SMILES string of the molecule is COc1ccc(CNC(=O)[C@@H]2CCCN(c3ccc(=O)n(-c4cccc(Cl)c4)n3)C2)c(OC)c1. The fourth-order valence-corrected chi connectivity index (χ4v) is 4.27. The van der Waals surface area contributed by atoms with E-state index in [1.807, 2.05) is 17.0 Å². The number of rotatable bonds is 7. The van der Waals surface area contributed by atoms with E-state index >= 15 is 0 Å². The van der Waals surface area contributed by atoms with E-state index in [1.54, 1.807) is 50.6 Å². The summed E-state index contributed by atoms with van der Waals surface area (Å²) in [6.45, 7) is 1.64. The van der Waals surface area contributed by atoms with Crippen LogP contribution in [0.4, 0.5) is 5.82 Å². The molecule has 8 nitrogen and oxygen atoms in total. The Hall–Kier alpha value is -3.52. The van der Waals surface area contributed by atoms with Crippen molar-refractivity contribution in [2.45, 2.75) is 19.4 Å². The van der Waals surface area contributed by atoms with Crippen LogP contribution in [0, 0.1) is 5.92 Å². The van der Waals surface area contributed by atoms with Gasteiger partial charge in [-0.2, -0.15) is 4.68 Å². The third-order valence-corrected chi connectivity index (χ3v) is 6.14. The molecule has 1 amide bonds. The fraction of sp³-hybridized carbons (Fsp3) is 0.320. The third kappa shape index (κ3) is 5.34. The van der Waals surface area contributed by atoms with Crippen LogP contribution in [-0.2, 0) is 11.3 Å². The second-order valence-corrected chi connectivity index (χ2v) is 8.54. The number of nitrogens with one attached hydrogen (secondary N) is 1. The zero-order valence-corrected chi connectivity index (χ0v) is 19.9. The lowest BCUT2D eigenvalue weighted by molar-refractivity contribution is -0.125. The molecule has 3 aromatic rings. The Morgan fingerprint density at radius 3 is 2.76 bits per heavy atom. The van der Waals surface area contributed by atoms with Crippen molar-refractivity contribution in [2.75, 3.05) is 32.2 Å². The van der Waals surface area contributed by atoms with Gasteiger partial charge in [-0.25, -0.2) is 0 Å². The molecule has 9 heteroatoms. The second kappa shape index (κ2) is 10.6. The van der Waals surface area contributed by atoms with Gasteiger partial charge in [0.15, 0.2) is 0 Å². The summed E-state index contributed by atoms with van der Waals surface area (Å²) in [5.74, 6) is 1.80. The first kappa shape index (κ1) is 23.6. The Morgan fingerprint density at radius 1 is 1.15 bits per heavy atom. The number of piperidine rings is 1. The van der Waals surface area contributed by atoms with Crippen LogP contribution in [0.1, 0.15) is 18.4 Å². The number of hydrogen-bond acceptors (Lipinski definition) is 6. The molecule has 34 heavy (non-hydrogen) atoms. The van der Waals surface area contributed by atoms with Crippen molar-refractivity contribution in [3.63, 3.8) is 0 Å². The summed E-state index contributed by atoms with van der Waals surface area (Å²) in [5, 5.41) is 8.10. The summed E-state index contributed by atoms with van der Waals surface area (Å²) in [6.07, 6.45) is 1.64. The van der Waals surface area contributed by atoms with Gasteiger partial charge < -0.3 is 19.7 Å². The van der Waals surface area contributed by atoms with E-state index < -0.39 is 0 Å². The molecular formula is C25H27ClN4O4. The smallest absolute Gasteiger partial charge is 0.271 e. The van der Waals surface area contributed by atoms with E-state index in [1.165, 1.54) is 10.7 Å². The molecule has 4 rings (SSSR count). The first-order valence-electron chi connectivity index (χ1n) is 11.1. The number of carbonyl (C=O) groups is 1. The van der Waals surface area contributed by atoms with Crippen molar-refractivity contribution in [3.8, 4) is 17.2 Å². The highest BCUT2D eigenvalue weighted by molar-refractivity contribution is 6.30. The van der Waals surface area contributed by atoms with Crippen molar-refractivity contribution in [2.24, 2.45) is 5.92 Å². The number of nitrogens with zero attached hydrogens (tertiary/aromatic N) is 3. The van der Waals surface area contributed by atoms with Gasteiger partial charge in [-0.05, 0) is 49.2 Å². The zero-order chi connectivity index (χ0) is 24.1. The van der Waals surface area contributed by atoms with E-state index in [9.17, 15) is 9.59 Å². The maximum atomic E-state index is 13.0. The average Bonchev–Trinajstić information content (AvgIpc) is 2.87. The number of hydrogen-bond donors (Lipinski definition) is 1. The molecule has 1 saturated heterocycles. The molecule has 178 valence electrons. The number of methoxy groups -OCH3 is 2. The maximum absolute atomic E-state index is 13.0. The van der Waals surface area contributed by atoms with E-state index in [4.69, 9.17) is 21.1 Å². The van der Waals surface area contributed by atoms with Crippen molar-refractivity contribution < 1.29 is 14.3 Å². The number of ether oxygens (including phenoxy) is 2. The number of amides is 1. The van der Waals surface area contributed by atoms with E-state index in [0.29, 0.717) is 41.1 Å². The number of aromatic nitrogens is 2. The van der Waals surface area contributed by atoms with Gasteiger partial charge in [0.1, 0.15) is 17.3 Å². The minimum atomic E-state index is -0.245. The van der Waals surface area contributed by atoms with Crippen LogP contribution in [-0.4, -0.2) is 43.0 Å². The molecule has 2 aromatic carbocycles. The molecule has 1 N–H and O–H groups in total. The molecule has 1 fully saturated rings. The van der Waals surface area contributed by atoms with Crippen LogP contribution in [0.3, 0.4) is 0 Å². The highest BCUT2D eigenvalue weighted by Crippen LogP contribution is 2.25. The van der Waals surface area contributed by atoms with Gasteiger partial charge in [0.2, 0.25) is 5.91 Å². The van der Waals surface area contributed by atoms with Crippen LogP contribution in [0.25, 0.3) is 5.69 Å². The van der Waals surface area contributed by atoms with Crippen molar-refractivity contribution >= 4 is 23.3 Å². The average molecular weight is 483 g/mol. The van der Waals surface area contributed by atoms with Gasteiger partial charge >= 0.3 is 0 Å². The normalized spacial score (nSPS) is 15.6. The van der Waals surface area contributed by atoms with Crippen molar-refractivity contribution in [1.82, 2.24) is 15.1 Å². The predicted octanol–water partition coefficient (Wildman–Crippen LogP) is 3.44. The van der Waals surface area contributed by atoms with E-state index in [2.05, 4.69) is 10.4 Å². The molecule has 0 spiro atoms. The topological polar surface area (TPSA) is 85.7 Å². The largest absolute Gasteiger partial charge is 0.497 e. The molecule has 0 unspecified atom stereocenters. The van der Waals surface area contributed by atoms with Crippen LogP contribution < -0.4 is 25.2 Å². The summed E-state index contributed by atoms with van der Waals surface area (Å²) in [6, 6.07) is 15.7. The lowest BCUT2D eigenvalue weighted by atomic mass is 9.97. The standard InChI is InChI=1S/C25H27ClN4O4/c1-33-21-9-8-17(22(14-21)34-2)15-27-25(32)18-5-4-12-29(16-18)23-10-11-24(31)30(28-23)20-7-3-6-19(26)13-20/h3,6-11,13-14,18H,4-5,12,15-16H2,1-2H3,(H,27,32)/t18-/m1/s1. The molecule has 0 bridgehead atoms. The number of anilines is 1. The Kier molecular flexibility index (Phi) is 7.37. The van der Waals surface area contributed by atoms with Crippen LogP contribution in [0.5, 0.6) is 11.5 Å². The van der Waals surface area contributed by atoms with Gasteiger partial charge in [0.25, 0.3) is 5.56 Å². The molecule has 0 radical (unpaired) electrons. The lowest BCUT2D eigenvalue weighted by Crippen LogP contribution is -2.43. The first-order chi connectivity index (χ1) is 16.5. The molecule has 1 atom stereocenters. The maximum Gasteiger partial charge on any atom is 0.271 e. The number of benzene rings is 2. The Labute approximate surface area is 203 Å². The summed E-state index contributed by atoms with van der Waals surface area (Å²) >= 11 is 6.09. The van der Waals surface area contributed by atoms with Gasteiger partial charge in [0, 0.05) is 42.4 Å².